The minimum atomic E-state index is -0.524. The van der Waals surface area contributed by atoms with Crippen LogP contribution in [0.1, 0.15) is 11.7 Å². The summed E-state index contributed by atoms with van der Waals surface area (Å²) < 4.78 is 6.15. The molecule has 0 amide bonds. The second-order valence-electron chi connectivity index (χ2n) is 3.19. The summed E-state index contributed by atoms with van der Waals surface area (Å²) in [7, 11) is 1.59. The lowest BCUT2D eigenvalue weighted by atomic mass is 10.1. The van der Waals surface area contributed by atoms with Gasteiger partial charge in [-0.25, -0.2) is 0 Å². The van der Waals surface area contributed by atoms with Gasteiger partial charge in [0.05, 0.1) is 6.61 Å². The molecule has 0 aliphatic heterocycles. The maximum Gasteiger partial charge on any atom is 0.102 e. The van der Waals surface area contributed by atoms with Gasteiger partial charge >= 0.3 is 0 Å². The van der Waals surface area contributed by atoms with Gasteiger partial charge in [-0.3, -0.25) is 0 Å². The Hall–Kier alpha value is -0.900. The monoisotopic (exact) mass is 208 g/mol. The van der Waals surface area contributed by atoms with E-state index in [0.717, 1.165) is 5.56 Å². The Morgan fingerprint density at radius 2 is 2.29 bits per heavy atom. The van der Waals surface area contributed by atoms with Crippen molar-refractivity contribution >= 4 is 21.4 Å². The van der Waals surface area contributed by atoms with E-state index in [1.54, 1.807) is 18.4 Å². The summed E-state index contributed by atoms with van der Waals surface area (Å²) in [5, 5.41) is 12.9. The van der Waals surface area contributed by atoms with E-state index < -0.39 is 6.10 Å². The molecule has 1 heterocycles. The van der Waals surface area contributed by atoms with Crippen LogP contribution in [-0.4, -0.2) is 18.8 Å². The Kier molecular flexibility index (Phi) is 2.82. The van der Waals surface area contributed by atoms with Crippen molar-refractivity contribution < 1.29 is 9.84 Å². The van der Waals surface area contributed by atoms with Crippen LogP contribution >= 0.6 is 11.3 Å². The molecule has 1 N–H and O–H groups in total. The summed E-state index contributed by atoms with van der Waals surface area (Å²) >= 11 is 1.71. The number of ether oxygens (including phenoxy) is 1. The van der Waals surface area contributed by atoms with Gasteiger partial charge in [0.15, 0.2) is 0 Å². The van der Waals surface area contributed by atoms with Crippen LogP contribution < -0.4 is 0 Å². The molecule has 0 aliphatic rings. The quantitative estimate of drug-likeness (QED) is 0.840. The molecule has 14 heavy (non-hydrogen) atoms. The minimum Gasteiger partial charge on any atom is -0.386 e. The Labute approximate surface area is 86.8 Å². The zero-order valence-corrected chi connectivity index (χ0v) is 8.75. The number of fused-ring (bicyclic) bond motifs is 1. The van der Waals surface area contributed by atoms with E-state index in [9.17, 15) is 5.11 Å². The van der Waals surface area contributed by atoms with Gasteiger partial charge in [-0.1, -0.05) is 6.07 Å². The summed E-state index contributed by atoms with van der Waals surface area (Å²) in [6.07, 6.45) is -0.524. The third kappa shape index (κ3) is 1.80. The molecular formula is C11H12O2S. The highest BCUT2D eigenvalue weighted by atomic mass is 32.1. The van der Waals surface area contributed by atoms with E-state index in [-0.39, 0.29) is 0 Å². The Morgan fingerprint density at radius 3 is 3.07 bits per heavy atom. The third-order valence-corrected chi connectivity index (χ3v) is 3.08. The maximum absolute atomic E-state index is 9.70. The molecule has 0 saturated heterocycles. The lowest BCUT2D eigenvalue weighted by Crippen LogP contribution is -2.04. The molecule has 2 nitrogen and oxygen atoms in total. The van der Waals surface area contributed by atoms with Crippen LogP contribution in [0.25, 0.3) is 10.1 Å². The average molecular weight is 208 g/mol. The van der Waals surface area contributed by atoms with Gasteiger partial charge in [0.2, 0.25) is 0 Å². The third-order valence-electron chi connectivity index (χ3n) is 2.19. The van der Waals surface area contributed by atoms with Crippen LogP contribution in [0.2, 0.25) is 0 Å². The second kappa shape index (κ2) is 4.09. The van der Waals surface area contributed by atoms with Crippen LogP contribution in [0.3, 0.4) is 0 Å². The summed E-state index contributed by atoms with van der Waals surface area (Å²) in [6.45, 7) is 0.343. The summed E-state index contributed by atoms with van der Waals surface area (Å²) in [4.78, 5) is 0. The van der Waals surface area contributed by atoms with Gasteiger partial charge in [-0.15, -0.1) is 11.3 Å². The van der Waals surface area contributed by atoms with E-state index in [1.807, 2.05) is 18.2 Å². The lowest BCUT2D eigenvalue weighted by Gasteiger charge is -2.09. The van der Waals surface area contributed by atoms with Gasteiger partial charge in [0, 0.05) is 11.8 Å². The van der Waals surface area contributed by atoms with Crippen molar-refractivity contribution in [3.05, 3.63) is 35.2 Å². The molecule has 1 atom stereocenters. The maximum atomic E-state index is 9.70. The van der Waals surface area contributed by atoms with Crippen molar-refractivity contribution in [3.8, 4) is 0 Å². The SMILES string of the molecule is COCC(O)c1ccc2sccc2c1. The molecule has 0 spiro atoms. The van der Waals surface area contributed by atoms with Crippen molar-refractivity contribution in [2.45, 2.75) is 6.10 Å². The minimum absolute atomic E-state index is 0.343. The second-order valence-corrected chi connectivity index (χ2v) is 4.14. The average Bonchev–Trinajstić information content (AvgIpc) is 2.64. The van der Waals surface area contributed by atoms with Gasteiger partial charge in [0.25, 0.3) is 0 Å². The molecule has 1 aromatic carbocycles. The fourth-order valence-corrected chi connectivity index (χ4v) is 2.22. The van der Waals surface area contributed by atoms with Gasteiger partial charge in [0.1, 0.15) is 6.10 Å². The number of aliphatic hydroxyl groups excluding tert-OH is 1. The number of benzene rings is 1. The Bertz CT molecular complexity index is 422. The number of thiophene rings is 1. The van der Waals surface area contributed by atoms with Gasteiger partial charge in [-0.2, -0.15) is 0 Å². The summed E-state index contributed by atoms with van der Waals surface area (Å²) in [5.41, 5.74) is 0.915. The van der Waals surface area contributed by atoms with Crippen LogP contribution in [0, 0.1) is 0 Å². The number of hydrogen-bond donors (Lipinski definition) is 1. The largest absolute Gasteiger partial charge is 0.386 e. The molecule has 1 aromatic heterocycles. The van der Waals surface area contributed by atoms with Crippen LogP contribution in [-0.2, 0) is 4.74 Å². The molecular weight excluding hydrogens is 196 g/mol. The van der Waals surface area contributed by atoms with Gasteiger partial charge < -0.3 is 9.84 Å². The fraction of sp³-hybridized carbons (Fsp3) is 0.273. The molecule has 74 valence electrons. The highest BCUT2D eigenvalue weighted by molar-refractivity contribution is 7.17. The van der Waals surface area contributed by atoms with Crippen molar-refractivity contribution in [1.82, 2.24) is 0 Å². The van der Waals surface area contributed by atoms with E-state index in [2.05, 4.69) is 11.4 Å². The van der Waals surface area contributed by atoms with Crippen LogP contribution in [0.5, 0.6) is 0 Å². The topological polar surface area (TPSA) is 29.5 Å². The van der Waals surface area contributed by atoms with Crippen molar-refractivity contribution in [1.29, 1.82) is 0 Å². The standard InChI is InChI=1S/C11H12O2S/c1-13-7-10(12)8-2-3-11-9(6-8)4-5-14-11/h2-6,10,12H,7H2,1H3. The first-order valence-corrected chi connectivity index (χ1v) is 5.33. The number of aliphatic hydroxyl groups is 1. The predicted octanol–water partition coefficient (Wildman–Crippen LogP) is 2.58. The van der Waals surface area contributed by atoms with E-state index in [1.165, 1.54) is 10.1 Å². The number of methoxy groups -OCH3 is 1. The van der Waals surface area contributed by atoms with Gasteiger partial charge in [-0.05, 0) is 34.5 Å². The number of hydrogen-bond acceptors (Lipinski definition) is 3. The van der Waals surface area contributed by atoms with Crippen molar-refractivity contribution in [2.24, 2.45) is 0 Å². The molecule has 0 radical (unpaired) electrons. The normalized spacial score (nSPS) is 13.3. The van der Waals surface area contributed by atoms with E-state index in [0.29, 0.717) is 6.61 Å². The zero-order valence-electron chi connectivity index (χ0n) is 7.93. The molecule has 2 rings (SSSR count). The highest BCUT2D eigenvalue weighted by Gasteiger charge is 2.07. The predicted molar refractivity (Wildman–Crippen MR) is 58.7 cm³/mol. The summed E-state index contributed by atoms with van der Waals surface area (Å²) in [5.74, 6) is 0. The summed E-state index contributed by atoms with van der Waals surface area (Å²) in [6, 6.07) is 8.05. The molecule has 2 aromatic rings. The van der Waals surface area contributed by atoms with Crippen molar-refractivity contribution in [2.75, 3.05) is 13.7 Å². The molecule has 1 unspecified atom stereocenters. The van der Waals surface area contributed by atoms with E-state index in [4.69, 9.17) is 4.74 Å². The molecule has 0 aliphatic carbocycles. The van der Waals surface area contributed by atoms with Crippen LogP contribution in [0.15, 0.2) is 29.6 Å². The molecule has 0 saturated carbocycles. The first kappa shape index (κ1) is 9.65. The van der Waals surface area contributed by atoms with Crippen LogP contribution in [0.4, 0.5) is 0 Å². The number of rotatable bonds is 3. The zero-order chi connectivity index (χ0) is 9.97. The molecule has 0 fully saturated rings. The Balaban J connectivity index is 2.33. The first-order valence-electron chi connectivity index (χ1n) is 4.45. The van der Waals surface area contributed by atoms with Crippen molar-refractivity contribution in [3.63, 3.8) is 0 Å². The highest BCUT2D eigenvalue weighted by Crippen LogP contribution is 2.24. The molecule has 3 heteroatoms. The smallest absolute Gasteiger partial charge is 0.102 e. The van der Waals surface area contributed by atoms with E-state index >= 15 is 0 Å². The lowest BCUT2D eigenvalue weighted by molar-refractivity contribution is 0.0645. The fourth-order valence-electron chi connectivity index (χ4n) is 1.45. The Morgan fingerprint density at radius 1 is 1.43 bits per heavy atom. The first-order chi connectivity index (χ1) is 6.81. The molecule has 0 bridgehead atoms.